The SMILES string of the molecule is O=C(/C=C/c1ccc(Cl)cc1Cl)Nc1cc(Cl)ccc1Oc1ccccc1. The molecule has 1 amide bonds. The number of amides is 1. The lowest BCUT2D eigenvalue weighted by Crippen LogP contribution is -2.08. The second kappa shape index (κ2) is 8.96. The van der Waals surface area contributed by atoms with Crippen LogP contribution in [0.2, 0.25) is 15.1 Å². The molecule has 1 N–H and O–H groups in total. The van der Waals surface area contributed by atoms with Gasteiger partial charge in [-0.05, 0) is 54.1 Å². The summed E-state index contributed by atoms with van der Waals surface area (Å²) >= 11 is 18.0. The number of carbonyl (C=O) groups is 1. The van der Waals surface area contributed by atoms with E-state index in [-0.39, 0.29) is 5.91 Å². The molecule has 0 bridgehead atoms. The maximum absolute atomic E-state index is 12.3. The molecule has 6 heteroatoms. The van der Waals surface area contributed by atoms with Gasteiger partial charge in [0, 0.05) is 21.1 Å². The Morgan fingerprint density at radius 3 is 2.33 bits per heavy atom. The molecule has 136 valence electrons. The Labute approximate surface area is 172 Å². The molecule has 0 aromatic heterocycles. The molecular formula is C21H14Cl3NO2. The number of carbonyl (C=O) groups excluding carboxylic acids is 1. The number of nitrogens with one attached hydrogen (secondary N) is 1. The van der Waals surface area contributed by atoms with E-state index < -0.39 is 0 Å². The summed E-state index contributed by atoms with van der Waals surface area (Å²) in [5.41, 5.74) is 1.14. The van der Waals surface area contributed by atoms with Crippen molar-refractivity contribution in [2.75, 3.05) is 5.32 Å². The molecule has 0 fully saturated rings. The number of hydrogen-bond acceptors (Lipinski definition) is 2. The minimum atomic E-state index is -0.346. The third kappa shape index (κ3) is 5.51. The molecule has 27 heavy (non-hydrogen) atoms. The van der Waals surface area contributed by atoms with Crippen molar-refractivity contribution in [3.05, 3.63) is 93.4 Å². The molecule has 0 aliphatic heterocycles. The molecule has 0 heterocycles. The summed E-state index contributed by atoms with van der Waals surface area (Å²) in [6.45, 7) is 0. The molecule has 0 spiro atoms. The van der Waals surface area contributed by atoms with E-state index in [1.165, 1.54) is 6.08 Å². The lowest BCUT2D eigenvalue weighted by Gasteiger charge is -2.12. The third-order valence-electron chi connectivity index (χ3n) is 3.55. The lowest BCUT2D eigenvalue weighted by atomic mass is 10.2. The zero-order chi connectivity index (χ0) is 19.2. The van der Waals surface area contributed by atoms with Crippen LogP contribution in [0.4, 0.5) is 5.69 Å². The van der Waals surface area contributed by atoms with Gasteiger partial charge in [-0.1, -0.05) is 59.1 Å². The van der Waals surface area contributed by atoms with Crippen LogP contribution in [-0.4, -0.2) is 5.91 Å². The van der Waals surface area contributed by atoms with Crippen LogP contribution in [0.25, 0.3) is 6.08 Å². The smallest absolute Gasteiger partial charge is 0.248 e. The standard InChI is InChI=1S/C21H14Cl3NO2/c22-15-8-6-14(18(24)12-15)7-11-21(26)25-19-13-16(23)9-10-20(19)27-17-4-2-1-3-5-17/h1-13H,(H,25,26)/b11-7+. The number of ether oxygens (including phenoxy) is 1. The van der Waals surface area contributed by atoms with Crippen molar-refractivity contribution in [1.29, 1.82) is 0 Å². The van der Waals surface area contributed by atoms with Crippen LogP contribution in [0.3, 0.4) is 0 Å². The zero-order valence-corrected chi connectivity index (χ0v) is 16.2. The second-order valence-electron chi connectivity index (χ2n) is 5.54. The number of para-hydroxylation sites is 1. The Morgan fingerprint density at radius 1 is 0.889 bits per heavy atom. The topological polar surface area (TPSA) is 38.3 Å². The molecule has 0 saturated carbocycles. The highest BCUT2D eigenvalue weighted by atomic mass is 35.5. The van der Waals surface area contributed by atoms with Crippen LogP contribution in [0.5, 0.6) is 11.5 Å². The molecule has 0 saturated heterocycles. The van der Waals surface area contributed by atoms with Gasteiger partial charge < -0.3 is 10.1 Å². The highest BCUT2D eigenvalue weighted by molar-refractivity contribution is 6.35. The monoisotopic (exact) mass is 417 g/mol. The van der Waals surface area contributed by atoms with E-state index in [9.17, 15) is 4.79 Å². The minimum Gasteiger partial charge on any atom is -0.455 e. The molecule has 0 atom stereocenters. The summed E-state index contributed by atoms with van der Waals surface area (Å²) < 4.78 is 5.83. The third-order valence-corrected chi connectivity index (χ3v) is 4.34. The highest BCUT2D eigenvalue weighted by Crippen LogP contribution is 2.32. The van der Waals surface area contributed by atoms with E-state index in [1.54, 1.807) is 42.5 Å². The molecule has 0 radical (unpaired) electrons. The normalized spacial score (nSPS) is 10.8. The van der Waals surface area contributed by atoms with Crippen molar-refractivity contribution in [1.82, 2.24) is 0 Å². The highest BCUT2D eigenvalue weighted by Gasteiger charge is 2.09. The maximum Gasteiger partial charge on any atom is 0.248 e. The predicted octanol–water partition coefficient (Wildman–Crippen LogP) is 7.09. The zero-order valence-electron chi connectivity index (χ0n) is 14.0. The summed E-state index contributed by atoms with van der Waals surface area (Å²) in [5.74, 6) is 0.789. The first-order chi connectivity index (χ1) is 13.0. The van der Waals surface area contributed by atoms with Crippen molar-refractivity contribution in [3.8, 4) is 11.5 Å². The molecule has 0 aliphatic carbocycles. The summed E-state index contributed by atoms with van der Waals surface area (Å²) in [7, 11) is 0. The molecule has 0 unspecified atom stereocenters. The van der Waals surface area contributed by atoms with E-state index in [1.807, 2.05) is 30.3 Å². The van der Waals surface area contributed by atoms with Gasteiger partial charge in [0.25, 0.3) is 0 Å². The second-order valence-corrected chi connectivity index (χ2v) is 6.82. The fourth-order valence-corrected chi connectivity index (χ4v) is 2.92. The van der Waals surface area contributed by atoms with Gasteiger partial charge in [-0.3, -0.25) is 4.79 Å². The first kappa shape index (κ1) is 19.3. The fourth-order valence-electron chi connectivity index (χ4n) is 2.28. The van der Waals surface area contributed by atoms with Crippen molar-refractivity contribution in [2.24, 2.45) is 0 Å². The average Bonchev–Trinajstić information content (AvgIpc) is 2.64. The summed E-state index contributed by atoms with van der Waals surface area (Å²) in [6.07, 6.45) is 2.98. The Kier molecular flexibility index (Phi) is 6.40. The Morgan fingerprint density at radius 2 is 1.59 bits per heavy atom. The first-order valence-electron chi connectivity index (χ1n) is 7.98. The summed E-state index contributed by atoms with van der Waals surface area (Å²) in [6, 6.07) is 19.3. The molecule has 0 aliphatic rings. The number of benzene rings is 3. The van der Waals surface area contributed by atoms with Crippen LogP contribution < -0.4 is 10.1 Å². The molecule has 3 rings (SSSR count). The van der Waals surface area contributed by atoms with E-state index >= 15 is 0 Å². The van der Waals surface area contributed by atoms with Crippen LogP contribution in [-0.2, 0) is 4.79 Å². The minimum absolute atomic E-state index is 0.346. The molecule has 3 nitrogen and oxygen atoms in total. The fraction of sp³-hybridized carbons (Fsp3) is 0. The Hall–Kier alpha value is -2.46. The Balaban J connectivity index is 1.77. The van der Waals surface area contributed by atoms with Gasteiger partial charge in [0.1, 0.15) is 5.75 Å². The largest absolute Gasteiger partial charge is 0.455 e. The Bertz CT molecular complexity index is 988. The van der Waals surface area contributed by atoms with E-state index in [2.05, 4.69) is 5.32 Å². The quantitative estimate of drug-likeness (QED) is 0.449. The summed E-state index contributed by atoms with van der Waals surface area (Å²) in [5, 5.41) is 4.24. The van der Waals surface area contributed by atoms with Crippen LogP contribution in [0.1, 0.15) is 5.56 Å². The van der Waals surface area contributed by atoms with Crippen molar-refractivity contribution in [3.63, 3.8) is 0 Å². The summed E-state index contributed by atoms with van der Waals surface area (Å²) in [4.78, 5) is 12.3. The van der Waals surface area contributed by atoms with Gasteiger partial charge in [0.05, 0.1) is 5.69 Å². The van der Waals surface area contributed by atoms with Crippen LogP contribution in [0.15, 0.2) is 72.8 Å². The number of rotatable bonds is 5. The van der Waals surface area contributed by atoms with Gasteiger partial charge in [-0.25, -0.2) is 0 Å². The molecule has 3 aromatic carbocycles. The molecular weight excluding hydrogens is 405 g/mol. The van der Waals surface area contributed by atoms with Crippen molar-refractivity contribution >= 4 is 52.5 Å². The lowest BCUT2D eigenvalue weighted by molar-refractivity contribution is -0.111. The van der Waals surface area contributed by atoms with E-state index in [0.29, 0.717) is 37.8 Å². The van der Waals surface area contributed by atoms with Gasteiger partial charge in [0.15, 0.2) is 5.75 Å². The van der Waals surface area contributed by atoms with Crippen molar-refractivity contribution in [2.45, 2.75) is 0 Å². The number of halogens is 3. The first-order valence-corrected chi connectivity index (χ1v) is 9.11. The van der Waals surface area contributed by atoms with Crippen LogP contribution >= 0.6 is 34.8 Å². The van der Waals surface area contributed by atoms with E-state index in [0.717, 1.165) is 0 Å². The maximum atomic E-state index is 12.3. The van der Waals surface area contributed by atoms with Crippen molar-refractivity contribution < 1.29 is 9.53 Å². The van der Waals surface area contributed by atoms with Gasteiger partial charge in [-0.2, -0.15) is 0 Å². The van der Waals surface area contributed by atoms with Gasteiger partial charge in [0.2, 0.25) is 5.91 Å². The molecule has 3 aromatic rings. The number of anilines is 1. The predicted molar refractivity (Wildman–Crippen MR) is 112 cm³/mol. The van der Waals surface area contributed by atoms with E-state index in [4.69, 9.17) is 39.5 Å². The number of hydrogen-bond donors (Lipinski definition) is 1. The van der Waals surface area contributed by atoms with Crippen LogP contribution in [0, 0.1) is 0 Å². The van der Waals surface area contributed by atoms with Gasteiger partial charge in [-0.15, -0.1) is 0 Å². The van der Waals surface area contributed by atoms with Gasteiger partial charge >= 0.3 is 0 Å². The average molecular weight is 419 g/mol.